The Balaban J connectivity index is 0.000000461. The van der Waals surface area contributed by atoms with Gasteiger partial charge in [0.15, 0.2) is 0 Å². The summed E-state index contributed by atoms with van der Waals surface area (Å²) in [4.78, 5) is 0. The fourth-order valence-electron chi connectivity index (χ4n) is 1.26. The number of rotatable bonds is 1. The lowest BCUT2D eigenvalue weighted by atomic mass is 10.1. The van der Waals surface area contributed by atoms with Gasteiger partial charge in [-0.1, -0.05) is 60.7 Å². The first-order chi connectivity index (χ1) is 6.97. The van der Waals surface area contributed by atoms with E-state index in [9.17, 15) is 0 Å². The standard InChI is InChI=1S/C12H10.OP/c1-3-7-11(8-4-1)12-9-5-2-6-10-12;1-2/h1-10H;. The third-order valence-electron chi connectivity index (χ3n) is 1.88. The van der Waals surface area contributed by atoms with Gasteiger partial charge in [0.25, 0.3) is 9.12 Å². The lowest BCUT2D eigenvalue weighted by Crippen LogP contribution is -1.73. The zero-order valence-corrected chi connectivity index (χ0v) is 8.52. The van der Waals surface area contributed by atoms with Gasteiger partial charge in [-0.2, -0.15) is 0 Å². The molecular formula is C12H10OP. The molecule has 0 spiro atoms. The van der Waals surface area contributed by atoms with Crippen LogP contribution in [0.4, 0.5) is 0 Å². The van der Waals surface area contributed by atoms with E-state index in [2.05, 4.69) is 57.7 Å². The first-order valence-corrected chi connectivity index (χ1v) is 4.62. The van der Waals surface area contributed by atoms with E-state index >= 15 is 0 Å². The van der Waals surface area contributed by atoms with Crippen LogP contribution >= 0.6 is 9.12 Å². The number of hydrogen-bond donors (Lipinski definition) is 0. The van der Waals surface area contributed by atoms with Crippen molar-refractivity contribution in [3.8, 4) is 11.1 Å². The van der Waals surface area contributed by atoms with Crippen LogP contribution in [0.3, 0.4) is 0 Å². The second-order valence-electron chi connectivity index (χ2n) is 2.73. The summed E-state index contributed by atoms with van der Waals surface area (Å²) < 4.78 is 7.94. The van der Waals surface area contributed by atoms with Gasteiger partial charge >= 0.3 is 0 Å². The molecule has 2 heteroatoms. The minimum Gasteiger partial charge on any atom is -0.261 e. The molecule has 0 saturated heterocycles. The maximum atomic E-state index is 7.94. The van der Waals surface area contributed by atoms with E-state index in [1.807, 2.05) is 12.1 Å². The van der Waals surface area contributed by atoms with Gasteiger partial charge in [0, 0.05) is 0 Å². The summed E-state index contributed by atoms with van der Waals surface area (Å²) >= 11 is 0. The summed E-state index contributed by atoms with van der Waals surface area (Å²) in [5, 5.41) is 0. The van der Waals surface area contributed by atoms with E-state index in [4.69, 9.17) is 4.57 Å². The van der Waals surface area contributed by atoms with Gasteiger partial charge in [0.05, 0.1) is 0 Å². The van der Waals surface area contributed by atoms with E-state index in [0.717, 1.165) is 0 Å². The van der Waals surface area contributed by atoms with Crippen molar-refractivity contribution in [3.05, 3.63) is 60.7 Å². The summed E-state index contributed by atoms with van der Waals surface area (Å²) in [6.45, 7) is 0. The van der Waals surface area contributed by atoms with E-state index in [1.54, 1.807) is 0 Å². The van der Waals surface area contributed by atoms with Crippen molar-refractivity contribution in [2.75, 3.05) is 0 Å². The van der Waals surface area contributed by atoms with Crippen LogP contribution < -0.4 is 0 Å². The Bertz CT molecular complexity index is 321. The van der Waals surface area contributed by atoms with Crippen LogP contribution in [0.1, 0.15) is 0 Å². The predicted molar refractivity (Wildman–Crippen MR) is 59.5 cm³/mol. The highest BCUT2D eigenvalue weighted by Crippen LogP contribution is 2.17. The molecule has 2 aromatic carbocycles. The number of hydrogen-bond acceptors (Lipinski definition) is 1. The molecule has 2 aromatic rings. The molecule has 0 heterocycles. The molecule has 0 saturated carbocycles. The molecule has 1 nitrogen and oxygen atoms in total. The topological polar surface area (TPSA) is 17.1 Å². The summed E-state index contributed by atoms with van der Waals surface area (Å²) in [7, 11) is 2.28. The van der Waals surface area contributed by atoms with Crippen LogP contribution in [0.5, 0.6) is 0 Å². The van der Waals surface area contributed by atoms with Crippen molar-refractivity contribution < 1.29 is 4.57 Å². The van der Waals surface area contributed by atoms with Crippen molar-refractivity contribution in [1.82, 2.24) is 0 Å². The zero-order valence-electron chi connectivity index (χ0n) is 7.63. The number of benzene rings is 2. The van der Waals surface area contributed by atoms with Gasteiger partial charge in [0.1, 0.15) is 0 Å². The smallest absolute Gasteiger partial charge is 0.261 e. The van der Waals surface area contributed by atoms with E-state index < -0.39 is 0 Å². The van der Waals surface area contributed by atoms with Crippen LogP contribution in [0.15, 0.2) is 60.7 Å². The van der Waals surface area contributed by atoms with Gasteiger partial charge in [-0.25, -0.2) is 0 Å². The largest absolute Gasteiger partial charge is 0.261 e. The molecule has 0 atom stereocenters. The molecule has 0 aliphatic heterocycles. The van der Waals surface area contributed by atoms with E-state index in [-0.39, 0.29) is 0 Å². The van der Waals surface area contributed by atoms with Crippen LogP contribution in [0.25, 0.3) is 11.1 Å². The molecule has 0 amide bonds. The normalized spacial score (nSPS) is 8.57. The summed E-state index contributed by atoms with van der Waals surface area (Å²) in [6.07, 6.45) is 0. The summed E-state index contributed by atoms with van der Waals surface area (Å²) in [6, 6.07) is 20.8. The van der Waals surface area contributed by atoms with Crippen molar-refractivity contribution in [3.63, 3.8) is 0 Å². The van der Waals surface area contributed by atoms with Crippen molar-refractivity contribution >= 4 is 9.12 Å². The Hall–Kier alpha value is -1.46. The van der Waals surface area contributed by atoms with Crippen LogP contribution in [-0.2, 0) is 4.57 Å². The fraction of sp³-hybridized carbons (Fsp3) is 0. The Kier molecular flexibility index (Phi) is 4.60. The molecule has 2 rings (SSSR count). The molecule has 0 bridgehead atoms. The first kappa shape index (κ1) is 10.6. The average molecular weight is 201 g/mol. The maximum absolute atomic E-state index is 7.94. The predicted octanol–water partition coefficient (Wildman–Crippen LogP) is 4.10. The molecule has 0 aliphatic rings. The fourth-order valence-corrected chi connectivity index (χ4v) is 1.26. The highest BCUT2D eigenvalue weighted by atomic mass is 31.0. The van der Waals surface area contributed by atoms with Gasteiger partial charge in [0.2, 0.25) is 0 Å². The van der Waals surface area contributed by atoms with E-state index in [1.165, 1.54) is 11.1 Å². The third-order valence-corrected chi connectivity index (χ3v) is 1.88. The van der Waals surface area contributed by atoms with Crippen LogP contribution in [0, 0.1) is 0 Å². The average Bonchev–Trinajstić information content (AvgIpc) is 2.34. The molecule has 0 aliphatic carbocycles. The highest BCUT2D eigenvalue weighted by Gasteiger charge is 1.91. The lowest BCUT2D eigenvalue weighted by molar-refractivity contribution is 0.607. The van der Waals surface area contributed by atoms with Gasteiger partial charge in [-0.3, -0.25) is 4.57 Å². The Morgan fingerprint density at radius 3 is 1.14 bits per heavy atom. The molecule has 69 valence electrons. The first-order valence-electron chi connectivity index (χ1n) is 4.25. The molecule has 0 aromatic heterocycles. The SMILES string of the molecule is O=[P].c1ccc(-c2ccccc2)cc1. The molecule has 0 unspecified atom stereocenters. The second kappa shape index (κ2) is 6.06. The Labute approximate surface area is 86.0 Å². The minimum absolute atomic E-state index is 1.28. The molecular weight excluding hydrogens is 191 g/mol. The monoisotopic (exact) mass is 201 g/mol. The molecule has 0 fully saturated rings. The van der Waals surface area contributed by atoms with Gasteiger partial charge in [-0.15, -0.1) is 0 Å². The van der Waals surface area contributed by atoms with Crippen molar-refractivity contribution in [2.24, 2.45) is 0 Å². The van der Waals surface area contributed by atoms with E-state index in [0.29, 0.717) is 0 Å². The van der Waals surface area contributed by atoms with Gasteiger partial charge in [-0.05, 0) is 11.1 Å². The Morgan fingerprint density at radius 2 is 0.857 bits per heavy atom. The third kappa shape index (κ3) is 2.79. The van der Waals surface area contributed by atoms with Crippen molar-refractivity contribution in [1.29, 1.82) is 0 Å². The second-order valence-corrected chi connectivity index (χ2v) is 2.73. The van der Waals surface area contributed by atoms with Crippen LogP contribution in [0.2, 0.25) is 0 Å². The highest BCUT2D eigenvalue weighted by molar-refractivity contribution is 7.00. The quantitative estimate of drug-likeness (QED) is 0.635. The Morgan fingerprint density at radius 1 is 0.571 bits per heavy atom. The summed E-state index contributed by atoms with van der Waals surface area (Å²) in [5.74, 6) is 0. The molecule has 0 N–H and O–H groups in total. The summed E-state index contributed by atoms with van der Waals surface area (Å²) in [5.41, 5.74) is 2.55. The zero-order chi connectivity index (χ0) is 10.2. The van der Waals surface area contributed by atoms with Gasteiger partial charge < -0.3 is 0 Å². The molecule has 14 heavy (non-hydrogen) atoms. The van der Waals surface area contributed by atoms with Crippen LogP contribution in [-0.4, -0.2) is 0 Å². The van der Waals surface area contributed by atoms with Crippen molar-refractivity contribution in [2.45, 2.75) is 0 Å². The minimum atomic E-state index is 1.28. The lowest BCUT2D eigenvalue weighted by Gasteiger charge is -1.98. The molecule has 1 radical (unpaired) electrons. The maximum Gasteiger partial charge on any atom is 0.261 e.